The van der Waals surface area contributed by atoms with Gasteiger partial charge in [0, 0.05) is 12.8 Å². The number of Topliss-reactive ketones (excluding diaryl/α,β-unsaturated/α-hetero) is 1. The zero-order valence-electron chi connectivity index (χ0n) is 8.66. The van der Waals surface area contributed by atoms with Gasteiger partial charge in [0.15, 0.2) is 5.78 Å². The number of aliphatic imine (C=N–C) groups is 1. The summed E-state index contributed by atoms with van der Waals surface area (Å²) in [5.74, 6) is 0.330. The van der Waals surface area contributed by atoms with Gasteiger partial charge >= 0.3 is 0 Å². The van der Waals surface area contributed by atoms with E-state index in [1.165, 1.54) is 20.1 Å². The Balaban J connectivity index is 4.38. The molecule has 0 spiro atoms. The van der Waals surface area contributed by atoms with Crippen LogP contribution in [0, 0.1) is 5.92 Å². The third kappa shape index (κ3) is 5.17. The number of hydrogen-bond acceptors (Lipinski definition) is 3. The molecule has 0 aromatic heterocycles. The van der Waals surface area contributed by atoms with Crippen molar-refractivity contribution in [2.45, 2.75) is 27.7 Å². The molecule has 3 nitrogen and oxygen atoms in total. The molecule has 1 N–H and O–H groups in total. The van der Waals surface area contributed by atoms with Crippen LogP contribution in [-0.2, 0) is 4.79 Å². The fraction of sp³-hybridized carbons (Fsp3) is 0.600. The van der Waals surface area contributed by atoms with Crippen LogP contribution in [0.5, 0.6) is 0 Å². The van der Waals surface area contributed by atoms with Crippen LogP contribution in [0.4, 0.5) is 0 Å². The van der Waals surface area contributed by atoms with Crippen LogP contribution in [0.3, 0.4) is 0 Å². The number of carbonyl (C=O) groups excluding carboxylic acids is 1. The summed E-state index contributed by atoms with van der Waals surface area (Å²) in [4.78, 5) is 15.0. The van der Waals surface area contributed by atoms with E-state index in [0.717, 1.165) is 0 Å². The molecule has 0 atom stereocenters. The first-order valence-corrected chi connectivity index (χ1v) is 4.35. The number of nitrogens with zero attached hydrogens (tertiary/aromatic N) is 1. The maximum atomic E-state index is 11.0. The fourth-order valence-corrected chi connectivity index (χ4v) is 0.794. The Kier molecular flexibility index (Phi) is 5.04. The number of carbonyl (C=O) groups is 1. The maximum Gasteiger partial charge on any atom is 0.164 e. The van der Waals surface area contributed by atoms with E-state index in [1.807, 2.05) is 13.8 Å². The SMILES string of the molecule is CC(=O)/C(C=NCC(C)C)=C(\C)O. The Hall–Kier alpha value is -1.12. The number of rotatable bonds is 4. The number of aliphatic hydroxyl groups is 1. The number of ketones is 1. The maximum absolute atomic E-state index is 11.0. The van der Waals surface area contributed by atoms with Crippen molar-refractivity contribution in [2.24, 2.45) is 10.9 Å². The van der Waals surface area contributed by atoms with Crippen LogP contribution in [0.2, 0.25) is 0 Å². The molecule has 0 aliphatic rings. The van der Waals surface area contributed by atoms with E-state index in [-0.39, 0.29) is 11.5 Å². The monoisotopic (exact) mass is 183 g/mol. The Bertz CT molecular complexity index is 235. The summed E-state index contributed by atoms with van der Waals surface area (Å²) in [6, 6.07) is 0. The molecular formula is C10H17NO2. The largest absolute Gasteiger partial charge is 0.512 e. The van der Waals surface area contributed by atoms with E-state index in [0.29, 0.717) is 18.0 Å². The summed E-state index contributed by atoms with van der Waals surface area (Å²) in [6.45, 7) is 7.65. The van der Waals surface area contributed by atoms with Crippen molar-refractivity contribution < 1.29 is 9.90 Å². The smallest absolute Gasteiger partial charge is 0.164 e. The van der Waals surface area contributed by atoms with Crippen molar-refractivity contribution in [3.8, 4) is 0 Å². The molecule has 0 radical (unpaired) electrons. The first kappa shape index (κ1) is 11.9. The molecule has 0 amide bonds. The Labute approximate surface area is 79.2 Å². The third-order valence-corrected chi connectivity index (χ3v) is 1.46. The van der Waals surface area contributed by atoms with E-state index < -0.39 is 0 Å². The molecule has 0 bridgehead atoms. The molecule has 0 saturated heterocycles. The minimum Gasteiger partial charge on any atom is -0.512 e. The summed E-state index contributed by atoms with van der Waals surface area (Å²) in [5, 5.41) is 9.12. The lowest BCUT2D eigenvalue weighted by Gasteiger charge is -1.99. The normalized spacial score (nSPS) is 13.6. The predicted octanol–water partition coefficient (Wildman–Crippen LogP) is 2.13. The van der Waals surface area contributed by atoms with Crippen molar-refractivity contribution in [2.75, 3.05) is 6.54 Å². The molecule has 13 heavy (non-hydrogen) atoms. The highest BCUT2D eigenvalue weighted by atomic mass is 16.3. The first-order chi connectivity index (χ1) is 5.95. The lowest BCUT2D eigenvalue weighted by Crippen LogP contribution is -2.03. The van der Waals surface area contributed by atoms with Gasteiger partial charge in [0.05, 0.1) is 5.57 Å². The van der Waals surface area contributed by atoms with Crippen LogP contribution in [0.1, 0.15) is 27.7 Å². The summed E-state index contributed by atoms with van der Waals surface area (Å²) >= 11 is 0. The third-order valence-electron chi connectivity index (χ3n) is 1.46. The average Bonchev–Trinajstić information content (AvgIpc) is 1.95. The molecule has 0 aromatic carbocycles. The van der Waals surface area contributed by atoms with Crippen molar-refractivity contribution >= 4 is 12.0 Å². The zero-order chi connectivity index (χ0) is 10.4. The summed E-state index contributed by atoms with van der Waals surface area (Å²) in [7, 11) is 0. The molecule has 0 aliphatic heterocycles. The minimum absolute atomic E-state index is 0.0278. The van der Waals surface area contributed by atoms with Crippen LogP contribution in [0.25, 0.3) is 0 Å². The molecule has 0 saturated carbocycles. The molecule has 0 aliphatic carbocycles. The Morgan fingerprint density at radius 3 is 2.31 bits per heavy atom. The second-order valence-electron chi connectivity index (χ2n) is 3.44. The van der Waals surface area contributed by atoms with Gasteiger partial charge in [-0.1, -0.05) is 13.8 Å². The second-order valence-corrected chi connectivity index (χ2v) is 3.44. The molecular weight excluding hydrogens is 166 g/mol. The van der Waals surface area contributed by atoms with Gasteiger partial charge in [-0.15, -0.1) is 0 Å². The number of aliphatic hydroxyl groups excluding tert-OH is 1. The minimum atomic E-state index is -0.160. The van der Waals surface area contributed by atoms with Crippen LogP contribution < -0.4 is 0 Å². The van der Waals surface area contributed by atoms with Gasteiger partial charge in [-0.25, -0.2) is 0 Å². The highest BCUT2D eigenvalue weighted by Gasteiger charge is 2.03. The van der Waals surface area contributed by atoms with E-state index >= 15 is 0 Å². The molecule has 0 aromatic rings. The van der Waals surface area contributed by atoms with Crippen LogP contribution in [-0.4, -0.2) is 23.6 Å². The Morgan fingerprint density at radius 1 is 1.46 bits per heavy atom. The quantitative estimate of drug-likeness (QED) is 0.412. The molecule has 74 valence electrons. The number of hydrogen-bond donors (Lipinski definition) is 1. The van der Waals surface area contributed by atoms with Crippen molar-refractivity contribution in [3.63, 3.8) is 0 Å². The lowest BCUT2D eigenvalue weighted by atomic mass is 10.2. The summed E-state index contributed by atoms with van der Waals surface area (Å²) in [5.41, 5.74) is 0.292. The van der Waals surface area contributed by atoms with E-state index in [9.17, 15) is 4.79 Å². The van der Waals surface area contributed by atoms with E-state index in [1.54, 1.807) is 0 Å². The van der Waals surface area contributed by atoms with Crippen LogP contribution in [0.15, 0.2) is 16.3 Å². The second kappa shape index (κ2) is 5.51. The fourth-order valence-electron chi connectivity index (χ4n) is 0.794. The summed E-state index contributed by atoms with van der Waals surface area (Å²) in [6.07, 6.45) is 1.44. The van der Waals surface area contributed by atoms with Gasteiger partial charge in [-0.3, -0.25) is 9.79 Å². The molecule has 0 rings (SSSR count). The van der Waals surface area contributed by atoms with E-state index in [2.05, 4.69) is 4.99 Å². The molecule has 3 heteroatoms. The molecule has 0 heterocycles. The number of allylic oxidation sites excluding steroid dienone is 2. The van der Waals surface area contributed by atoms with Gasteiger partial charge in [0.25, 0.3) is 0 Å². The highest BCUT2D eigenvalue weighted by Crippen LogP contribution is 2.00. The first-order valence-electron chi connectivity index (χ1n) is 4.35. The topological polar surface area (TPSA) is 49.7 Å². The van der Waals surface area contributed by atoms with Gasteiger partial charge in [-0.2, -0.15) is 0 Å². The summed E-state index contributed by atoms with van der Waals surface area (Å²) < 4.78 is 0. The van der Waals surface area contributed by atoms with Gasteiger partial charge in [0.2, 0.25) is 0 Å². The molecule has 0 unspecified atom stereocenters. The molecule has 0 fully saturated rings. The van der Waals surface area contributed by atoms with Gasteiger partial charge in [0.1, 0.15) is 5.76 Å². The highest BCUT2D eigenvalue weighted by molar-refractivity contribution is 6.12. The van der Waals surface area contributed by atoms with Crippen molar-refractivity contribution in [1.29, 1.82) is 0 Å². The van der Waals surface area contributed by atoms with E-state index in [4.69, 9.17) is 5.11 Å². The lowest BCUT2D eigenvalue weighted by molar-refractivity contribution is -0.113. The van der Waals surface area contributed by atoms with Gasteiger partial charge < -0.3 is 5.11 Å². The predicted molar refractivity (Wildman–Crippen MR) is 54.2 cm³/mol. The average molecular weight is 183 g/mol. The van der Waals surface area contributed by atoms with Crippen molar-refractivity contribution in [1.82, 2.24) is 0 Å². The standard InChI is InChI=1S/C10H17NO2/c1-7(2)5-11-6-10(8(3)12)9(4)13/h6-7,12H,5H2,1-4H3/b10-8+,11-6?. The Morgan fingerprint density at radius 2 is 2.00 bits per heavy atom. The van der Waals surface area contributed by atoms with Gasteiger partial charge in [-0.05, 0) is 19.8 Å². The van der Waals surface area contributed by atoms with Crippen molar-refractivity contribution in [3.05, 3.63) is 11.3 Å². The zero-order valence-corrected chi connectivity index (χ0v) is 8.66. The van der Waals surface area contributed by atoms with Crippen LogP contribution >= 0.6 is 0 Å².